The number of hydrogen-bond acceptors (Lipinski definition) is 15. The third-order valence-electron chi connectivity index (χ3n) is 0.643. The Labute approximate surface area is 158 Å². The van der Waals surface area contributed by atoms with Gasteiger partial charge in [-0.25, -0.2) is 24.0 Å². The standard InChI is InChI=1S/5C2H4O3.V/c5*1-2(3)5-4;/h5*4H,1H3;. The number of hydrogen-bond donors (Lipinski definition) is 5. The zero-order chi connectivity index (χ0) is 21.4. The van der Waals surface area contributed by atoms with Crippen LogP contribution in [0.2, 0.25) is 0 Å². The van der Waals surface area contributed by atoms with E-state index in [0.717, 1.165) is 34.6 Å². The van der Waals surface area contributed by atoms with E-state index < -0.39 is 29.8 Å². The first-order valence-corrected chi connectivity index (χ1v) is 5.45. The quantitative estimate of drug-likeness (QED) is 0.194. The summed E-state index contributed by atoms with van der Waals surface area (Å²) in [5, 5.41) is 36.5. The van der Waals surface area contributed by atoms with Crippen LogP contribution in [0.4, 0.5) is 0 Å². The van der Waals surface area contributed by atoms with Crippen LogP contribution in [-0.4, -0.2) is 56.1 Å². The second kappa shape index (κ2) is 34.1. The van der Waals surface area contributed by atoms with E-state index in [1.165, 1.54) is 0 Å². The van der Waals surface area contributed by atoms with Crippen molar-refractivity contribution in [2.75, 3.05) is 0 Å². The summed E-state index contributed by atoms with van der Waals surface area (Å²) >= 11 is 0. The molecule has 0 atom stereocenters. The first kappa shape index (κ1) is 39.0. The van der Waals surface area contributed by atoms with Crippen molar-refractivity contribution in [3.8, 4) is 0 Å². The fourth-order valence-corrected chi connectivity index (χ4v) is 0. The Morgan fingerprint density at radius 3 is 0.462 bits per heavy atom. The van der Waals surface area contributed by atoms with Crippen molar-refractivity contribution in [2.24, 2.45) is 0 Å². The van der Waals surface area contributed by atoms with Crippen molar-refractivity contribution in [3.05, 3.63) is 0 Å². The first-order chi connectivity index (χ1) is 11.4. The molecular formula is C10H20O15V. The number of rotatable bonds is 0. The van der Waals surface area contributed by atoms with E-state index in [-0.39, 0.29) is 18.6 Å². The van der Waals surface area contributed by atoms with E-state index in [4.69, 9.17) is 26.3 Å². The molecule has 0 spiro atoms. The van der Waals surface area contributed by atoms with Gasteiger partial charge in [-0.05, 0) is 0 Å². The molecule has 0 saturated carbocycles. The molecule has 0 aliphatic carbocycles. The van der Waals surface area contributed by atoms with Crippen molar-refractivity contribution in [1.82, 2.24) is 0 Å². The van der Waals surface area contributed by atoms with Crippen LogP contribution >= 0.6 is 0 Å². The Balaban J connectivity index is -0.0000000476. The predicted octanol–water partition coefficient (Wildman–Crippen LogP) is 0.110. The van der Waals surface area contributed by atoms with E-state index in [1.54, 1.807) is 0 Å². The summed E-state index contributed by atoms with van der Waals surface area (Å²) in [5.41, 5.74) is 0. The molecule has 0 fully saturated rings. The zero-order valence-electron chi connectivity index (χ0n) is 14.3. The summed E-state index contributed by atoms with van der Waals surface area (Å²) in [7, 11) is 0. The van der Waals surface area contributed by atoms with Crippen molar-refractivity contribution < 1.29 is 93.3 Å². The minimum absolute atomic E-state index is 0. The van der Waals surface area contributed by atoms with Gasteiger partial charge in [0, 0.05) is 53.2 Å². The van der Waals surface area contributed by atoms with Gasteiger partial charge in [0.2, 0.25) is 0 Å². The van der Waals surface area contributed by atoms with E-state index in [2.05, 4.69) is 24.4 Å². The van der Waals surface area contributed by atoms with E-state index in [0.29, 0.717) is 0 Å². The van der Waals surface area contributed by atoms with Gasteiger partial charge < -0.3 is 24.4 Å². The van der Waals surface area contributed by atoms with Crippen LogP contribution in [0, 0.1) is 0 Å². The van der Waals surface area contributed by atoms with Gasteiger partial charge in [-0.2, -0.15) is 26.3 Å². The van der Waals surface area contributed by atoms with Crippen molar-refractivity contribution in [1.29, 1.82) is 0 Å². The van der Waals surface area contributed by atoms with Crippen LogP contribution < -0.4 is 0 Å². The number of carbonyl (C=O) groups excluding carboxylic acids is 5. The SMILES string of the molecule is CC(=O)OO.CC(=O)OO.CC(=O)OO.CC(=O)OO.CC(=O)OO.[V]. The summed E-state index contributed by atoms with van der Waals surface area (Å²) in [6, 6.07) is 0. The van der Waals surface area contributed by atoms with Gasteiger partial charge in [-0.3, -0.25) is 0 Å². The third-order valence-corrected chi connectivity index (χ3v) is 0.643. The molecule has 0 bridgehead atoms. The van der Waals surface area contributed by atoms with Crippen molar-refractivity contribution in [2.45, 2.75) is 34.6 Å². The summed E-state index contributed by atoms with van der Waals surface area (Å²) in [5.74, 6) is -3.45. The Kier molecular flexibility index (Phi) is 51.2. The largest absolute Gasteiger partial charge is 0.339 e. The van der Waals surface area contributed by atoms with Crippen molar-refractivity contribution >= 4 is 29.8 Å². The molecule has 0 aromatic carbocycles. The average molecular weight is 431 g/mol. The molecule has 15 nitrogen and oxygen atoms in total. The number of carbonyl (C=O) groups is 5. The summed E-state index contributed by atoms with van der Waals surface area (Å²) < 4.78 is 0. The first-order valence-electron chi connectivity index (χ1n) is 5.45. The topological polar surface area (TPSA) is 233 Å². The van der Waals surface area contributed by atoms with Gasteiger partial charge in [-0.15, -0.1) is 0 Å². The molecule has 0 saturated heterocycles. The molecule has 1 radical (unpaired) electrons. The monoisotopic (exact) mass is 431 g/mol. The normalized spacial score (nSPS) is 6.54. The summed E-state index contributed by atoms with van der Waals surface area (Å²) in [6.45, 7) is 5.56. The molecule has 16 heteroatoms. The van der Waals surface area contributed by atoms with Gasteiger partial charge >= 0.3 is 29.8 Å². The molecule has 0 aliphatic heterocycles. The molecular weight excluding hydrogens is 411 g/mol. The molecule has 0 unspecified atom stereocenters. The van der Waals surface area contributed by atoms with Gasteiger partial charge in [0.25, 0.3) is 0 Å². The van der Waals surface area contributed by atoms with Gasteiger partial charge in [0.15, 0.2) is 0 Å². The minimum atomic E-state index is -0.690. The Bertz CT molecular complexity index is 288. The molecule has 0 amide bonds. The molecule has 0 heterocycles. The molecule has 155 valence electrons. The molecule has 5 N–H and O–H groups in total. The second-order valence-electron chi connectivity index (χ2n) is 2.91. The van der Waals surface area contributed by atoms with Crippen LogP contribution in [-0.2, 0) is 67.0 Å². The minimum Gasteiger partial charge on any atom is -0.301 e. The molecule has 0 aromatic heterocycles. The molecule has 26 heavy (non-hydrogen) atoms. The van der Waals surface area contributed by atoms with Crippen LogP contribution in [0.1, 0.15) is 34.6 Å². The Morgan fingerprint density at radius 2 is 0.462 bits per heavy atom. The smallest absolute Gasteiger partial charge is 0.301 e. The summed E-state index contributed by atoms with van der Waals surface area (Å²) in [6.07, 6.45) is 0. The van der Waals surface area contributed by atoms with E-state index in [9.17, 15) is 24.0 Å². The predicted molar refractivity (Wildman–Crippen MR) is 72.0 cm³/mol. The van der Waals surface area contributed by atoms with E-state index >= 15 is 0 Å². The fourth-order valence-electron chi connectivity index (χ4n) is 0. The maximum Gasteiger partial charge on any atom is 0.339 e. The maximum absolute atomic E-state index is 9.34. The van der Waals surface area contributed by atoms with Crippen molar-refractivity contribution in [3.63, 3.8) is 0 Å². The third kappa shape index (κ3) is 156. The molecule has 0 aliphatic rings. The van der Waals surface area contributed by atoms with Crippen LogP contribution in [0.25, 0.3) is 0 Å². The molecule has 0 rings (SSSR count). The van der Waals surface area contributed by atoms with E-state index in [1.807, 2.05) is 0 Å². The average Bonchev–Trinajstić information content (AvgIpc) is 2.56. The zero-order valence-corrected chi connectivity index (χ0v) is 15.7. The fraction of sp³-hybridized carbons (Fsp3) is 0.500. The summed E-state index contributed by atoms with van der Waals surface area (Å²) in [4.78, 5) is 62.3. The van der Waals surface area contributed by atoms with Gasteiger partial charge in [0.05, 0.1) is 0 Å². The van der Waals surface area contributed by atoms with Gasteiger partial charge in [0.1, 0.15) is 0 Å². The Morgan fingerprint density at radius 1 is 0.423 bits per heavy atom. The van der Waals surface area contributed by atoms with Crippen LogP contribution in [0.15, 0.2) is 0 Å². The van der Waals surface area contributed by atoms with Crippen LogP contribution in [0.3, 0.4) is 0 Å². The maximum atomic E-state index is 9.34. The Hall–Kier alpha value is -2.27. The second-order valence-corrected chi connectivity index (χ2v) is 2.91. The van der Waals surface area contributed by atoms with Gasteiger partial charge in [-0.1, -0.05) is 0 Å². The molecule has 0 aromatic rings. The van der Waals surface area contributed by atoms with Crippen LogP contribution in [0.5, 0.6) is 0 Å².